The van der Waals surface area contributed by atoms with Crippen LogP contribution in [0.3, 0.4) is 0 Å². The first-order chi connectivity index (χ1) is 6.77. The van der Waals surface area contributed by atoms with Crippen molar-refractivity contribution in [2.75, 3.05) is 0 Å². The minimum Gasteiger partial charge on any atom is -0.486 e. The van der Waals surface area contributed by atoms with Crippen molar-refractivity contribution >= 4 is 5.78 Å². The van der Waals surface area contributed by atoms with E-state index in [1.807, 2.05) is 13.0 Å². The molecule has 2 heteroatoms. The highest BCUT2D eigenvalue weighted by Crippen LogP contribution is 2.52. The lowest BCUT2D eigenvalue weighted by Crippen LogP contribution is -2.35. The quantitative estimate of drug-likeness (QED) is 0.609. The van der Waals surface area contributed by atoms with Crippen molar-refractivity contribution in [2.45, 2.75) is 40.7 Å². The van der Waals surface area contributed by atoms with Crippen LogP contribution in [0.2, 0.25) is 0 Å². The lowest BCUT2D eigenvalue weighted by atomic mass is 9.63. The maximum Gasteiger partial charge on any atom is 0.206 e. The predicted octanol–water partition coefficient (Wildman–Crippen LogP) is 2.85. The molecule has 2 rings (SSSR count). The van der Waals surface area contributed by atoms with Crippen LogP contribution in [-0.2, 0) is 9.53 Å². The molecule has 0 amide bonds. The highest BCUT2D eigenvalue weighted by molar-refractivity contribution is 6.03. The second-order valence-corrected chi connectivity index (χ2v) is 5.55. The van der Waals surface area contributed by atoms with Crippen LogP contribution in [0.15, 0.2) is 23.5 Å². The fourth-order valence-electron chi connectivity index (χ4n) is 2.06. The van der Waals surface area contributed by atoms with Crippen LogP contribution in [-0.4, -0.2) is 11.9 Å². The standard InChI is InChI=1S/C13H18O2/c1-8-10(14)9-6-7-12(2,3)13(4,5)11(9)15-8/h6-8H,1-5H3. The van der Waals surface area contributed by atoms with Crippen molar-refractivity contribution in [1.82, 2.24) is 0 Å². The lowest BCUT2D eigenvalue weighted by molar-refractivity contribution is -0.120. The highest BCUT2D eigenvalue weighted by Gasteiger charge is 2.48. The Bertz CT molecular complexity index is 383. The Balaban J connectivity index is 2.53. The summed E-state index contributed by atoms with van der Waals surface area (Å²) in [4.78, 5) is 11.8. The summed E-state index contributed by atoms with van der Waals surface area (Å²) in [6.07, 6.45) is 3.73. The van der Waals surface area contributed by atoms with E-state index in [4.69, 9.17) is 4.74 Å². The average molecular weight is 206 g/mol. The van der Waals surface area contributed by atoms with E-state index < -0.39 is 0 Å². The smallest absolute Gasteiger partial charge is 0.206 e. The van der Waals surface area contributed by atoms with Gasteiger partial charge in [0, 0.05) is 5.41 Å². The van der Waals surface area contributed by atoms with Gasteiger partial charge in [0.2, 0.25) is 5.78 Å². The Morgan fingerprint density at radius 2 is 1.87 bits per heavy atom. The molecule has 0 saturated heterocycles. The third kappa shape index (κ3) is 1.20. The Morgan fingerprint density at radius 3 is 2.47 bits per heavy atom. The molecule has 1 heterocycles. The largest absolute Gasteiger partial charge is 0.486 e. The van der Waals surface area contributed by atoms with Crippen LogP contribution in [0, 0.1) is 10.8 Å². The monoisotopic (exact) mass is 206 g/mol. The third-order valence-corrected chi connectivity index (χ3v) is 4.02. The summed E-state index contributed by atoms with van der Waals surface area (Å²) >= 11 is 0. The molecule has 2 aliphatic rings. The zero-order valence-corrected chi connectivity index (χ0v) is 10.0. The number of carbonyl (C=O) groups excluding carboxylic acids is 1. The minimum absolute atomic E-state index is 0.0240. The molecule has 0 bridgehead atoms. The van der Waals surface area contributed by atoms with E-state index in [-0.39, 0.29) is 22.7 Å². The van der Waals surface area contributed by atoms with Gasteiger partial charge in [0.15, 0.2) is 6.10 Å². The maximum atomic E-state index is 11.8. The van der Waals surface area contributed by atoms with E-state index >= 15 is 0 Å². The molecular formula is C13H18O2. The number of hydrogen-bond acceptors (Lipinski definition) is 2. The molecule has 0 aromatic rings. The van der Waals surface area contributed by atoms with Crippen molar-refractivity contribution in [3.05, 3.63) is 23.5 Å². The SMILES string of the molecule is CC1OC2=C(C=CC(C)(C)C2(C)C)C1=O. The van der Waals surface area contributed by atoms with Crippen molar-refractivity contribution in [2.24, 2.45) is 10.8 Å². The second kappa shape index (κ2) is 2.75. The van der Waals surface area contributed by atoms with Crippen LogP contribution in [0.1, 0.15) is 34.6 Å². The van der Waals surface area contributed by atoms with Gasteiger partial charge in [-0.05, 0) is 12.3 Å². The van der Waals surface area contributed by atoms with Crippen molar-refractivity contribution in [1.29, 1.82) is 0 Å². The summed E-state index contributed by atoms with van der Waals surface area (Å²) in [7, 11) is 0. The Morgan fingerprint density at radius 1 is 1.27 bits per heavy atom. The molecule has 82 valence electrons. The van der Waals surface area contributed by atoms with E-state index in [1.165, 1.54) is 0 Å². The average Bonchev–Trinajstić information content (AvgIpc) is 2.40. The highest BCUT2D eigenvalue weighted by atomic mass is 16.5. The molecule has 1 aliphatic carbocycles. The fraction of sp³-hybridized carbons (Fsp3) is 0.615. The number of Topliss-reactive ketones (excluding diaryl/α,β-unsaturated/α-hetero) is 1. The van der Waals surface area contributed by atoms with Crippen LogP contribution in [0.4, 0.5) is 0 Å². The van der Waals surface area contributed by atoms with Gasteiger partial charge in [-0.15, -0.1) is 0 Å². The summed E-state index contributed by atoms with van der Waals surface area (Å²) in [6, 6.07) is 0. The van der Waals surface area contributed by atoms with Gasteiger partial charge in [-0.2, -0.15) is 0 Å². The van der Waals surface area contributed by atoms with Gasteiger partial charge >= 0.3 is 0 Å². The van der Waals surface area contributed by atoms with Gasteiger partial charge in [0.1, 0.15) is 5.76 Å². The van der Waals surface area contributed by atoms with Crippen LogP contribution < -0.4 is 0 Å². The first-order valence-corrected chi connectivity index (χ1v) is 5.42. The number of carbonyl (C=O) groups is 1. The van der Waals surface area contributed by atoms with E-state index in [9.17, 15) is 4.79 Å². The van der Waals surface area contributed by atoms with Gasteiger partial charge in [0.05, 0.1) is 5.57 Å². The van der Waals surface area contributed by atoms with Crippen molar-refractivity contribution in [3.8, 4) is 0 Å². The zero-order chi connectivity index (χ0) is 11.4. The van der Waals surface area contributed by atoms with Gasteiger partial charge in [-0.3, -0.25) is 4.79 Å². The van der Waals surface area contributed by atoms with Gasteiger partial charge < -0.3 is 4.74 Å². The molecule has 0 fully saturated rings. The second-order valence-electron chi connectivity index (χ2n) is 5.55. The summed E-state index contributed by atoms with van der Waals surface area (Å²) in [5.41, 5.74) is 0.681. The number of hydrogen-bond donors (Lipinski definition) is 0. The lowest BCUT2D eigenvalue weighted by Gasteiger charge is -2.42. The molecule has 0 aromatic heterocycles. The Hall–Kier alpha value is -1.05. The van der Waals surface area contributed by atoms with Crippen LogP contribution in [0.25, 0.3) is 0 Å². The summed E-state index contributed by atoms with van der Waals surface area (Å²) in [6.45, 7) is 10.4. The zero-order valence-electron chi connectivity index (χ0n) is 10.0. The molecule has 0 radical (unpaired) electrons. The molecule has 15 heavy (non-hydrogen) atoms. The predicted molar refractivity (Wildman–Crippen MR) is 59.3 cm³/mol. The van der Waals surface area contributed by atoms with E-state index in [0.29, 0.717) is 0 Å². The number of ether oxygens (including phenoxy) is 1. The molecule has 0 N–H and O–H groups in total. The van der Waals surface area contributed by atoms with Crippen LogP contribution in [0.5, 0.6) is 0 Å². The van der Waals surface area contributed by atoms with E-state index in [0.717, 1.165) is 11.3 Å². The number of ketones is 1. The normalized spacial score (nSPS) is 31.5. The maximum absolute atomic E-state index is 11.8. The molecule has 0 saturated carbocycles. The fourth-order valence-corrected chi connectivity index (χ4v) is 2.06. The van der Waals surface area contributed by atoms with E-state index in [2.05, 4.69) is 33.8 Å². The molecule has 1 unspecified atom stereocenters. The molecule has 0 aromatic carbocycles. The topological polar surface area (TPSA) is 26.3 Å². The molecule has 1 atom stereocenters. The summed E-state index contributed by atoms with van der Waals surface area (Å²) in [5, 5.41) is 0. The van der Waals surface area contributed by atoms with Gasteiger partial charge in [-0.25, -0.2) is 0 Å². The molecule has 0 spiro atoms. The molecule has 2 nitrogen and oxygen atoms in total. The van der Waals surface area contributed by atoms with Crippen molar-refractivity contribution < 1.29 is 9.53 Å². The Labute approximate surface area is 91.0 Å². The number of rotatable bonds is 0. The Kier molecular flexibility index (Phi) is 1.92. The molecule has 1 aliphatic heterocycles. The van der Waals surface area contributed by atoms with Crippen molar-refractivity contribution in [3.63, 3.8) is 0 Å². The first kappa shape index (κ1) is 10.5. The van der Waals surface area contributed by atoms with Gasteiger partial charge in [-0.1, -0.05) is 39.8 Å². The van der Waals surface area contributed by atoms with Crippen LogP contribution >= 0.6 is 0 Å². The summed E-state index contributed by atoms with van der Waals surface area (Å²) in [5.74, 6) is 0.984. The third-order valence-electron chi connectivity index (χ3n) is 4.02. The minimum atomic E-state index is -0.312. The first-order valence-electron chi connectivity index (χ1n) is 5.42. The van der Waals surface area contributed by atoms with Gasteiger partial charge in [0.25, 0.3) is 0 Å². The molecular weight excluding hydrogens is 188 g/mol. The summed E-state index contributed by atoms with van der Waals surface area (Å²) < 4.78 is 5.71. The van der Waals surface area contributed by atoms with E-state index in [1.54, 1.807) is 0 Å². The number of allylic oxidation sites excluding steroid dienone is 3.